The first-order valence-corrected chi connectivity index (χ1v) is 12.7. The molecule has 0 radical (unpaired) electrons. The number of fused-ring (bicyclic) bond motifs is 4. The lowest BCUT2D eigenvalue weighted by Gasteiger charge is -2.11. The molecule has 1 aliphatic rings. The molecular weight excluding hydrogens is 504 g/mol. The summed E-state index contributed by atoms with van der Waals surface area (Å²) in [6.45, 7) is 0.292. The number of thiophene rings is 1. The summed E-state index contributed by atoms with van der Waals surface area (Å²) in [7, 11) is 1.43. The molecule has 8 nitrogen and oxygen atoms in total. The first-order chi connectivity index (χ1) is 18.5. The quantitative estimate of drug-likeness (QED) is 0.307. The molecule has 38 heavy (non-hydrogen) atoms. The molecule has 0 fully saturated rings. The zero-order valence-corrected chi connectivity index (χ0v) is 21.2. The van der Waals surface area contributed by atoms with Crippen LogP contribution in [0.5, 0.6) is 17.2 Å². The number of carbonyl (C=O) groups excluding carboxylic acids is 2. The fourth-order valence-corrected chi connectivity index (χ4v) is 5.83. The summed E-state index contributed by atoms with van der Waals surface area (Å²) in [6, 6.07) is 21.7. The average Bonchev–Trinajstić information content (AvgIpc) is 3.59. The maximum Gasteiger partial charge on any atom is 0.265 e. The summed E-state index contributed by atoms with van der Waals surface area (Å²) >= 11 is 1.20. The molecule has 3 heterocycles. The third-order valence-corrected chi connectivity index (χ3v) is 7.66. The van der Waals surface area contributed by atoms with Gasteiger partial charge in [0.25, 0.3) is 11.5 Å². The van der Waals surface area contributed by atoms with Gasteiger partial charge in [0.15, 0.2) is 23.0 Å². The second-order valence-corrected chi connectivity index (χ2v) is 9.76. The summed E-state index contributed by atoms with van der Waals surface area (Å²) in [4.78, 5) is 40.4. The Hall–Kier alpha value is -4.63. The molecule has 2 aromatic heterocycles. The highest BCUT2D eigenvalue weighted by atomic mass is 32.1. The Balaban J connectivity index is 1.39. The molecule has 0 aliphatic carbocycles. The van der Waals surface area contributed by atoms with Crippen LogP contribution in [0.4, 0.5) is 0 Å². The van der Waals surface area contributed by atoms with Crippen LogP contribution in [-0.2, 0) is 13.1 Å². The molecule has 1 amide bonds. The average molecular weight is 527 g/mol. The summed E-state index contributed by atoms with van der Waals surface area (Å²) in [5, 5.41) is 3.96. The van der Waals surface area contributed by atoms with Crippen molar-refractivity contribution in [1.29, 1.82) is 0 Å². The topological polar surface area (TPSA) is 95.9 Å². The molecular formula is C29H22N2O6S. The molecule has 3 aromatic carbocycles. The standard InChI is InChI=1S/C29H22N2O6S/c1-35-25-24-26(38-27(25)28(33)30-14-17-11-12-22-23(13-17)37-16-36-22)19-9-5-6-10-20(19)31(29(24)34)15-21(32)18-7-3-2-4-8-18/h2-13H,14-16H2,1H3,(H,30,33). The minimum absolute atomic E-state index is 0.135. The van der Waals surface area contributed by atoms with Gasteiger partial charge in [-0.1, -0.05) is 54.6 Å². The molecule has 1 aliphatic heterocycles. The van der Waals surface area contributed by atoms with E-state index in [4.69, 9.17) is 14.2 Å². The van der Waals surface area contributed by atoms with E-state index in [9.17, 15) is 14.4 Å². The van der Waals surface area contributed by atoms with Gasteiger partial charge >= 0.3 is 0 Å². The number of amides is 1. The van der Waals surface area contributed by atoms with E-state index in [-0.39, 0.29) is 53.1 Å². The Morgan fingerprint density at radius 2 is 1.76 bits per heavy atom. The fraction of sp³-hybridized carbons (Fsp3) is 0.138. The van der Waals surface area contributed by atoms with Gasteiger partial charge in [-0.15, -0.1) is 11.3 Å². The molecule has 6 rings (SSSR count). The van der Waals surface area contributed by atoms with Crippen molar-refractivity contribution in [1.82, 2.24) is 9.88 Å². The van der Waals surface area contributed by atoms with Crippen LogP contribution in [0.15, 0.2) is 77.6 Å². The number of methoxy groups -OCH3 is 1. The van der Waals surface area contributed by atoms with E-state index in [0.29, 0.717) is 27.3 Å². The number of nitrogens with one attached hydrogen (secondary N) is 1. The minimum atomic E-state index is -0.383. The fourth-order valence-electron chi connectivity index (χ4n) is 4.62. The summed E-state index contributed by atoms with van der Waals surface area (Å²) in [5.74, 6) is 0.947. The Labute approximate surface area is 221 Å². The molecule has 5 aromatic rings. The van der Waals surface area contributed by atoms with Crippen molar-refractivity contribution >= 4 is 44.0 Å². The largest absolute Gasteiger partial charge is 0.494 e. The van der Waals surface area contributed by atoms with Crippen LogP contribution in [0.25, 0.3) is 21.0 Å². The second kappa shape index (κ2) is 9.68. The lowest BCUT2D eigenvalue weighted by molar-refractivity contribution is 0.0949. The number of rotatable bonds is 7. The van der Waals surface area contributed by atoms with Crippen molar-refractivity contribution in [3.8, 4) is 17.2 Å². The number of carbonyl (C=O) groups is 2. The molecule has 9 heteroatoms. The van der Waals surface area contributed by atoms with Crippen LogP contribution in [0, 0.1) is 0 Å². The number of nitrogens with zero attached hydrogens (tertiary/aromatic N) is 1. The molecule has 190 valence electrons. The van der Waals surface area contributed by atoms with Gasteiger partial charge in [0.05, 0.1) is 23.9 Å². The Bertz CT molecular complexity index is 1770. The van der Waals surface area contributed by atoms with Gasteiger partial charge in [-0.05, 0) is 23.8 Å². The van der Waals surface area contributed by atoms with E-state index >= 15 is 0 Å². The molecule has 0 spiro atoms. The smallest absolute Gasteiger partial charge is 0.265 e. The molecule has 1 N–H and O–H groups in total. The van der Waals surface area contributed by atoms with Crippen molar-refractivity contribution in [3.63, 3.8) is 0 Å². The maximum absolute atomic E-state index is 13.8. The van der Waals surface area contributed by atoms with Gasteiger partial charge in [0, 0.05) is 17.5 Å². The van der Waals surface area contributed by atoms with E-state index < -0.39 is 0 Å². The Kier molecular flexibility index (Phi) is 6.05. The zero-order valence-electron chi connectivity index (χ0n) is 20.4. The number of ether oxygens (including phenoxy) is 3. The van der Waals surface area contributed by atoms with Gasteiger partial charge in [-0.25, -0.2) is 0 Å². The number of hydrogen-bond donors (Lipinski definition) is 1. The highest BCUT2D eigenvalue weighted by Gasteiger charge is 2.25. The van der Waals surface area contributed by atoms with E-state index in [1.807, 2.05) is 36.4 Å². The van der Waals surface area contributed by atoms with Crippen molar-refractivity contribution < 1.29 is 23.8 Å². The highest BCUT2D eigenvalue weighted by molar-refractivity contribution is 7.22. The number of ketones is 1. The normalized spacial score (nSPS) is 12.1. The molecule has 0 unspecified atom stereocenters. The molecule has 0 atom stereocenters. The van der Waals surface area contributed by atoms with Crippen molar-refractivity contribution in [2.75, 3.05) is 13.9 Å². The molecule has 0 saturated carbocycles. The van der Waals surface area contributed by atoms with Gasteiger partial charge in [-0.2, -0.15) is 0 Å². The lowest BCUT2D eigenvalue weighted by atomic mass is 10.1. The summed E-state index contributed by atoms with van der Waals surface area (Å²) < 4.78 is 18.5. The SMILES string of the molecule is COc1c(C(=O)NCc2ccc3c(c2)OCO3)sc2c1c(=O)n(CC(=O)c1ccccc1)c1ccccc21. The van der Waals surface area contributed by atoms with Crippen molar-refractivity contribution in [2.24, 2.45) is 0 Å². The number of benzene rings is 3. The van der Waals surface area contributed by atoms with Crippen LogP contribution in [0.3, 0.4) is 0 Å². The maximum atomic E-state index is 13.8. The monoisotopic (exact) mass is 526 g/mol. The number of para-hydroxylation sites is 1. The highest BCUT2D eigenvalue weighted by Crippen LogP contribution is 2.39. The predicted molar refractivity (Wildman–Crippen MR) is 145 cm³/mol. The third-order valence-electron chi connectivity index (χ3n) is 6.46. The van der Waals surface area contributed by atoms with Crippen LogP contribution >= 0.6 is 11.3 Å². The molecule has 0 saturated heterocycles. The van der Waals surface area contributed by atoms with Crippen LogP contribution in [0.1, 0.15) is 25.6 Å². The number of hydrogen-bond acceptors (Lipinski definition) is 7. The van der Waals surface area contributed by atoms with Crippen LogP contribution in [-0.4, -0.2) is 30.2 Å². The van der Waals surface area contributed by atoms with Gasteiger partial charge < -0.3 is 19.5 Å². The first-order valence-electron chi connectivity index (χ1n) is 11.9. The van der Waals surface area contributed by atoms with Crippen LogP contribution < -0.4 is 25.1 Å². The first kappa shape index (κ1) is 23.7. The van der Waals surface area contributed by atoms with Crippen molar-refractivity contribution in [3.05, 3.63) is 99.2 Å². The van der Waals surface area contributed by atoms with E-state index in [0.717, 1.165) is 10.9 Å². The van der Waals surface area contributed by atoms with Gasteiger partial charge in [0.1, 0.15) is 10.3 Å². The van der Waals surface area contributed by atoms with E-state index in [1.54, 1.807) is 36.4 Å². The van der Waals surface area contributed by atoms with E-state index in [2.05, 4.69) is 5.32 Å². The summed E-state index contributed by atoms with van der Waals surface area (Å²) in [5.41, 5.74) is 1.59. The van der Waals surface area contributed by atoms with Gasteiger partial charge in [0.2, 0.25) is 6.79 Å². The lowest BCUT2D eigenvalue weighted by Crippen LogP contribution is -2.25. The molecule has 0 bridgehead atoms. The van der Waals surface area contributed by atoms with Gasteiger partial charge in [-0.3, -0.25) is 19.0 Å². The van der Waals surface area contributed by atoms with E-state index in [1.165, 1.54) is 23.0 Å². The predicted octanol–water partition coefficient (Wildman–Crippen LogP) is 4.77. The van der Waals surface area contributed by atoms with Crippen molar-refractivity contribution in [2.45, 2.75) is 13.1 Å². The Morgan fingerprint density at radius 3 is 2.58 bits per heavy atom. The third kappa shape index (κ3) is 4.06. The van der Waals surface area contributed by atoms with Crippen LogP contribution in [0.2, 0.25) is 0 Å². The number of Topliss-reactive ketones (excluding diaryl/α,β-unsaturated/α-hetero) is 1. The number of aromatic nitrogens is 1. The summed E-state index contributed by atoms with van der Waals surface area (Å²) in [6.07, 6.45) is 0. The Morgan fingerprint density at radius 1 is 1.00 bits per heavy atom. The number of pyridine rings is 1. The zero-order chi connectivity index (χ0) is 26.2. The minimum Gasteiger partial charge on any atom is -0.494 e. The second-order valence-electron chi connectivity index (χ2n) is 8.74.